The summed E-state index contributed by atoms with van der Waals surface area (Å²) in [5, 5.41) is 0. The van der Waals surface area contributed by atoms with E-state index in [2.05, 4.69) is 10.9 Å². The fourth-order valence-electron chi connectivity index (χ4n) is 2.55. The van der Waals surface area contributed by atoms with Gasteiger partial charge in [0.1, 0.15) is 0 Å². The molecule has 2 atom stereocenters. The van der Waals surface area contributed by atoms with E-state index in [-0.39, 0.29) is 23.7 Å². The number of hydrazine groups is 1. The third-order valence-corrected chi connectivity index (χ3v) is 3.89. The highest BCUT2D eigenvalue weighted by atomic mass is 16.2. The standard InChI is InChI=1S/C19H18N2O2/c22-18(12-11-14-7-3-1-4-8-14)20-21-19(23)17-13-16(17)15-9-5-2-6-10-15/h1-12,16-17H,13H2,(H,20,22)(H,21,23)/b12-11+/t16-,17+/m1/s1. The zero-order chi connectivity index (χ0) is 16.1. The average Bonchev–Trinajstić information content (AvgIpc) is 3.40. The molecule has 4 nitrogen and oxygen atoms in total. The summed E-state index contributed by atoms with van der Waals surface area (Å²) in [6.45, 7) is 0. The number of rotatable bonds is 4. The van der Waals surface area contributed by atoms with Gasteiger partial charge in [0.2, 0.25) is 5.91 Å². The molecule has 0 heterocycles. The Labute approximate surface area is 135 Å². The Balaban J connectivity index is 1.45. The molecule has 0 aromatic heterocycles. The average molecular weight is 306 g/mol. The number of benzene rings is 2. The molecule has 0 spiro atoms. The van der Waals surface area contributed by atoms with Crippen LogP contribution in [-0.4, -0.2) is 11.8 Å². The molecule has 4 heteroatoms. The van der Waals surface area contributed by atoms with Crippen molar-refractivity contribution in [3.05, 3.63) is 77.9 Å². The molecule has 2 aromatic rings. The summed E-state index contributed by atoms with van der Waals surface area (Å²) >= 11 is 0. The topological polar surface area (TPSA) is 58.2 Å². The third kappa shape index (κ3) is 4.07. The van der Waals surface area contributed by atoms with E-state index in [9.17, 15) is 9.59 Å². The van der Waals surface area contributed by atoms with Crippen LogP contribution in [0.5, 0.6) is 0 Å². The Morgan fingerprint density at radius 2 is 1.57 bits per heavy atom. The van der Waals surface area contributed by atoms with Gasteiger partial charge in [0.15, 0.2) is 0 Å². The van der Waals surface area contributed by atoms with Gasteiger partial charge in [-0.15, -0.1) is 0 Å². The van der Waals surface area contributed by atoms with Crippen molar-refractivity contribution in [3.8, 4) is 0 Å². The van der Waals surface area contributed by atoms with Crippen LogP contribution in [0.1, 0.15) is 23.5 Å². The normalized spacial score (nSPS) is 19.3. The van der Waals surface area contributed by atoms with E-state index in [1.54, 1.807) is 6.08 Å². The number of amides is 2. The van der Waals surface area contributed by atoms with Crippen LogP contribution in [0.3, 0.4) is 0 Å². The van der Waals surface area contributed by atoms with Crippen LogP contribution in [-0.2, 0) is 9.59 Å². The second kappa shape index (κ2) is 6.92. The Morgan fingerprint density at radius 1 is 0.913 bits per heavy atom. The minimum atomic E-state index is -0.348. The van der Waals surface area contributed by atoms with Gasteiger partial charge in [-0.2, -0.15) is 0 Å². The maximum absolute atomic E-state index is 12.0. The van der Waals surface area contributed by atoms with E-state index >= 15 is 0 Å². The first-order valence-corrected chi connectivity index (χ1v) is 7.62. The quantitative estimate of drug-likeness (QED) is 0.674. The van der Waals surface area contributed by atoms with Gasteiger partial charge in [-0.25, -0.2) is 0 Å². The molecule has 0 aliphatic heterocycles. The van der Waals surface area contributed by atoms with E-state index in [1.165, 1.54) is 11.6 Å². The third-order valence-electron chi connectivity index (χ3n) is 3.89. The number of carbonyl (C=O) groups is 2. The highest BCUT2D eigenvalue weighted by Gasteiger charge is 2.43. The van der Waals surface area contributed by atoms with Gasteiger partial charge in [-0.1, -0.05) is 60.7 Å². The van der Waals surface area contributed by atoms with Crippen molar-refractivity contribution in [2.45, 2.75) is 12.3 Å². The van der Waals surface area contributed by atoms with E-state index in [0.29, 0.717) is 0 Å². The molecule has 1 fully saturated rings. The molecule has 2 amide bonds. The predicted octanol–water partition coefficient (Wildman–Crippen LogP) is 2.65. The molecule has 0 unspecified atom stereocenters. The van der Waals surface area contributed by atoms with Crippen molar-refractivity contribution < 1.29 is 9.59 Å². The minimum absolute atomic E-state index is 0.0594. The largest absolute Gasteiger partial charge is 0.273 e. The second-order valence-electron chi connectivity index (χ2n) is 5.58. The summed E-state index contributed by atoms with van der Waals surface area (Å²) in [4.78, 5) is 23.7. The van der Waals surface area contributed by atoms with Crippen LogP contribution in [0.2, 0.25) is 0 Å². The van der Waals surface area contributed by atoms with Gasteiger partial charge in [-0.3, -0.25) is 20.4 Å². The molecule has 2 N–H and O–H groups in total. The second-order valence-corrected chi connectivity index (χ2v) is 5.58. The molecule has 0 bridgehead atoms. The summed E-state index contributed by atoms with van der Waals surface area (Å²) in [5.74, 6) is -0.289. The monoisotopic (exact) mass is 306 g/mol. The van der Waals surface area contributed by atoms with Crippen LogP contribution in [0.4, 0.5) is 0 Å². The maximum atomic E-state index is 12.0. The molecular weight excluding hydrogens is 288 g/mol. The van der Waals surface area contributed by atoms with E-state index in [1.807, 2.05) is 60.7 Å². The SMILES string of the molecule is O=C(/C=C/c1ccccc1)NNC(=O)[C@H]1C[C@@H]1c1ccccc1. The minimum Gasteiger partial charge on any atom is -0.273 e. The zero-order valence-electron chi connectivity index (χ0n) is 12.6. The first-order chi connectivity index (χ1) is 11.2. The van der Waals surface area contributed by atoms with Gasteiger partial charge < -0.3 is 0 Å². The molecule has 23 heavy (non-hydrogen) atoms. The Bertz CT molecular complexity index is 711. The van der Waals surface area contributed by atoms with Gasteiger partial charge in [0, 0.05) is 12.0 Å². The van der Waals surface area contributed by atoms with Crippen molar-refractivity contribution in [2.24, 2.45) is 5.92 Å². The predicted molar refractivity (Wildman–Crippen MR) is 89.1 cm³/mol. The number of nitrogens with one attached hydrogen (secondary N) is 2. The lowest BCUT2D eigenvalue weighted by molar-refractivity contribution is -0.127. The lowest BCUT2D eigenvalue weighted by Gasteiger charge is -2.05. The molecule has 1 aliphatic rings. The van der Waals surface area contributed by atoms with Crippen molar-refractivity contribution in [1.82, 2.24) is 10.9 Å². The smallest absolute Gasteiger partial charge is 0.262 e. The fourth-order valence-corrected chi connectivity index (χ4v) is 2.55. The van der Waals surface area contributed by atoms with E-state index < -0.39 is 0 Å². The zero-order valence-corrected chi connectivity index (χ0v) is 12.6. The van der Waals surface area contributed by atoms with Gasteiger partial charge in [0.05, 0.1) is 0 Å². The van der Waals surface area contributed by atoms with Crippen LogP contribution in [0, 0.1) is 5.92 Å². The number of hydrogen-bond acceptors (Lipinski definition) is 2. The van der Waals surface area contributed by atoms with Crippen molar-refractivity contribution >= 4 is 17.9 Å². The maximum Gasteiger partial charge on any atom is 0.262 e. The highest BCUT2D eigenvalue weighted by molar-refractivity contribution is 5.93. The summed E-state index contributed by atoms with van der Waals surface area (Å²) < 4.78 is 0. The molecule has 1 saturated carbocycles. The molecule has 0 saturated heterocycles. The Hall–Kier alpha value is -2.88. The summed E-state index contributed by atoms with van der Waals surface area (Å²) in [5.41, 5.74) is 7.01. The molecule has 2 aromatic carbocycles. The van der Waals surface area contributed by atoms with Gasteiger partial charge >= 0.3 is 0 Å². The Morgan fingerprint density at radius 3 is 2.26 bits per heavy atom. The first-order valence-electron chi connectivity index (χ1n) is 7.62. The van der Waals surface area contributed by atoms with Crippen LogP contribution >= 0.6 is 0 Å². The lowest BCUT2D eigenvalue weighted by atomic mass is 10.1. The number of carbonyl (C=O) groups excluding carboxylic acids is 2. The van der Waals surface area contributed by atoms with Crippen molar-refractivity contribution in [3.63, 3.8) is 0 Å². The highest BCUT2D eigenvalue weighted by Crippen LogP contribution is 2.47. The summed E-state index contributed by atoms with van der Waals surface area (Å²) in [7, 11) is 0. The van der Waals surface area contributed by atoms with E-state index in [0.717, 1.165) is 12.0 Å². The molecular formula is C19H18N2O2. The number of hydrogen-bond donors (Lipinski definition) is 2. The van der Waals surface area contributed by atoms with Gasteiger partial charge in [-0.05, 0) is 29.5 Å². The fraction of sp³-hybridized carbons (Fsp3) is 0.158. The summed E-state index contributed by atoms with van der Waals surface area (Å²) in [6, 6.07) is 19.5. The Kier molecular flexibility index (Phi) is 4.52. The van der Waals surface area contributed by atoms with Crippen molar-refractivity contribution in [1.29, 1.82) is 0 Å². The van der Waals surface area contributed by atoms with Crippen molar-refractivity contribution in [2.75, 3.05) is 0 Å². The van der Waals surface area contributed by atoms with Crippen LogP contribution in [0.25, 0.3) is 6.08 Å². The van der Waals surface area contributed by atoms with Gasteiger partial charge in [0.25, 0.3) is 5.91 Å². The first kappa shape index (κ1) is 15.0. The van der Waals surface area contributed by atoms with Crippen LogP contribution < -0.4 is 10.9 Å². The molecule has 1 aliphatic carbocycles. The lowest BCUT2D eigenvalue weighted by Crippen LogP contribution is -2.41. The molecule has 0 radical (unpaired) electrons. The van der Waals surface area contributed by atoms with Crippen LogP contribution in [0.15, 0.2) is 66.7 Å². The molecule has 116 valence electrons. The van der Waals surface area contributed by atoms with E-state index in [4.69, 9.17) is 0 Å². The molecule has 3 rings (SSSR count). The summed E-state index contributed by atoms with van der Waals surface area (Å²) in [6.07, 6.45) is 3.92.